The Morgan fingerprint density at radius 1 is 1.23 bits per heavy atom. The predicted octanol–water partition coefficient (Wildman–Crippen LogP) is 5.18. The lowest BCUT2D eigenvalue weighted by Gasteiger charge is -2.25. The van der Waals surface area contributed by atoms with Gasteiger partial charge in [-0.15, -0.1) is 0 Å². The molecule has 0 saturated carbocycles. The summed E-state index contributed by atoms with van der Waals surface area (Å²) in [7, 11) is 1.37. The number of thiocarbonyl (C=S) groups is 1. The number of hydrogen-bond donors (Lipinski definition) is 1. The molecule has 0 spiro atoms. The molecule has 0 amide bonds. The van der Waals surface area contributed by atoms with E-state index in [1.165, 1.54) is 7.11 Å². The summed E-state index contributed by atoms with van der Waals surface area (Å²) in [6.45, 7) is 0.384. The van der Waals surface area contributed by atoms with Crippen molar-refractivity contribution in [3.63, 3.8) is 0 Å². The maximum Gasteiger partial charge on any atom is 0.307 e. The zero-order valence-corrected chi connectivity index (χ0v) is 18.9. The second kappa shape index (κ2) is 9.26. The summed E-state index contributed by atoms with van der Waals surface area (Å²) < 4.78 is 11.0. The molecule has 6 nitrogen and oxygen atoms in total. The number of benzene rings is 1. The lowest BCUT2D eigenvalue weighted by Crippen LogP contribution is -2.31. The topological polar surface area (TPSA) is 67.6 Å². The number of nitrogens with one attached hydrogen (secondary N) is 1. The molecule has 31 heavy (non-hydrogen) atoms. The van der Waals surface area contributed by atoms with Crippen LogP contribution in [0.3, 0.4) is 0 Å². The molecular weight excluding hydrogens is 457 g/mol. The molecule has 4 rings (SSSR count). The Bertz CT molecular complexity index is 1110. The number of hydrogen-bond acceptors (Lipinski definition) is 5. The lowest BCUT2D eigenvalue weighted by molar-refractivity contribution is -0.140. The van der Waals surface area contributed by atoms with Gasteiger partial charge in [0.25, 0.3) is 0 Å². The second-order valence-corrected chi connectivity index (χ2v) is 8.18. The number of carbonyl (C=O) groups excluding carboxylic acids is 1. The van der Waals surface area contributed by atoms with Crippen LogP contribution < -0.4 is 5.32 Å². The molecule has 2 aromatic heterocycles. The smallest absolute Gasteiger partial charge is 0.307 e. The number of aromatic nitrogens is 1. The van der Waals surface area contributed by atoms with Crippen molar-refractivity contribution in [1.82, 2.24) is 15.2 Å². The molecule has 1 fully saturated rings. The number of esters is 1. The molecule has 1 aliphatic rings. The van der Waals surface area contributed by atoms with E-state index in [-0.39, 0.29) is 24.5 Å². The molecule has 0 bridgehead atoms. The highest BCUT2D eigenvalue weighted by atomic mass is 35.5. The van der Waals surface area contributed by atoms with Gasteiger partial charge in [0.05, 0.1) is 35.3 Å². The van der Waals surface area contributed by atoms with Gasteiger partial charge in [0.15, 0.2) is 5.11 Å². The van der Waals surface area contributed by atoms with Crippen molar-refractivity contribution in [2.45, 2.75) is 18.5 Å². The Kier molecular flexibility index (Phi) is 6.46. The molecule has 1 aromatic carbocycles. The average Bonchev–Trinajstić information content (AvgIpc) is 3.39. The van der Waals surface area contributed by atoms with Gasteiger partial charge in [-0.3, -0.25) is 9.78 Å². The van der Waals surface area contributed by atoms with Crippen LogP contribution in [0.25, 0.3) is 11.3 Å². The molecule has 9 heteroatoms. The van der Waals surface area contributed by atoms with Crippen molar-refractivity contribution in [3.8, 4) is 11.3 Å². The van der Waals surface area contributed by atoms with E-state index < -0.39 is 0 Å². The molecule has 1 N–H and O–H groups in total. The molecular formula is C22H19Cl2N3O3S. The molecule has 0 unspecified atom stereocenters. The molecule has 2 atom stereocenters. The standard InChI is InChI=1S/C22H19Cl2N3O3S/c1-29-19(28)9-11-27-21(20(26-22(27)31)16-4-2-3-10-25-16)18-8-7-17(30-18)13-5-6-14(23)15(24)12-13/h2-8,10,12,20-21H,9,11H2,1H3,(H,26,31)/t20-,21-/m0/s1. The van der Waals surface area contributed by atoms with Crippen LogP contribution in [0.2, 0.25) is 10.0 Å². The van der Waals surface area contributed by atoms with E-state index in [1.54, 1.807) is 18.3 Å². The van der Waals surface area contributed by atoms with Gasteiger partial charge in [-0.25, -0.2) is 0 Å². The summed E-state index contributed by atoms with van der Waals surface area (Å²) >= 11 is 17.8. The van der Waals surface area contributed by atoms with Crippen LogP contribution in [0.4, 0.5) is 0 Å². The zero-order valence-electron chi connectivity index (χ0n) is 16.5. The molecule has 0 aliphatic carbocycles. The first kappa shape index (κ1) is 21.6. The van der Waals surface area contributed by atoms with E-state index in [1.807, 2.05) is 41.3 Å². The molecule has 160 valence electrons. The Morgan fingerprint density at radius 2 is 2.06 bits per heavy atom. The Labute approximate surface area is 195 Å². The minimum atomic E-state index is -0.307. The fraction of sp³-hybridized carbons (Fsp3) is 0.227. The summed E-state index contributed by atoms with van der Waals surface area (Å²) in [5, 5.41) is 4.77. The van der Waals surface area contributed by atoms with Gasteiger partial charge in [0.2, 0.25) is 0 Å². The fourth-order valence-corrected chi connectivity index (χ4v) is 4.22. The number of furan rings is 1. The SMILES string of the molecule is COC(=O)CCN1C(=S)N[C@@H](c2ccccn2)[C@@H]1c1ccc(-c2ccc(Cl)c(Cl)c2)o1. The van der Waals surface area contributed by atoms with E-state index in [2.05, 4.69) is 10.3 Å². The number of ether oxygens (including phenoxy) is 1. The summed E-state index contributed by atoms with van der Waals surface area (Å²) in [6, 6.07) is 14.3. The third kappa shape index (κ3) is 4.54. The van der Waals surface area contributed by atoms with Crippen LogP contribution >= 0.6 is 35.4 Å². The number of nitrogens with zero attached hydrogens (tertiary/aromatic N) is 2. The Morgan fingerprint density at radius 3 is 2.77 bits per heavy atom. The van der Waals surface area contributed by atoms with Crippen LogP contribution in [0.1, 0.15) is 30.0 Å². The third-order valence-electron chi connectivity index (χ3n) is 5.10. The molecule has 0 radical (unpaired) electrons. The lowest BCUT2D eigenvalue weighted by atomic mass is 10.0. The Hall–Kier alpha value is -2.61. The first-order valence-corrected chi connectivity index (χ1v) is 10.7. The van der Waals surface area contributed by atoms with Gasteiger partial charge >= 0.3 is 5.97 Å². The number of carbonyl (C=O) groups is 1. The minimum absolute atomic E-state index is 0.199. The average molecular weight is 476 g/mol. The normalized spacial score (nSPS) is 18.2. The maximum atomic E-state index is 11.7. The van der Waals surface area contributed by atoms with Crippen molar-refractivity contribution in [2.24, 2.45) is 0 Å². The largest absolute Gasteiger partial charge is 0.469 e. The zero-order chi connectivity index (χ0) is 22.0. The van der Waals surface area contributed by atoms with Gasteiger partial charge in [-0.05, 0) is 54.7 Å². The predicted molar refractivity (Wildman–Crippen MR) is 123 cm³/mol. The van der Waals surface area contributed by atoms with Crippen molar-refractivity contribution >= 4 is 46.5 Å². The van der Waals surface area contributed by atoms with E-state index in [0.717, 1.165) is 11.3 Å². The van der Waals surface area contributed by atoms with Crippen LogP contribution in [0.15, 0.2) is 59.1 Å². The monoisotopic (exact) mass is 475 g/mol. The van der Waals surface area contributed by atoms with E-state index in [9.17, 15) is 4.79 Å². The molecule has 1 saturated heterocycles. The highest BCUT2D eigenvalue weighted by Crippen LogP contribution is 2.41. The fourth-order valence-electron chi connectivity index (χ4n) is 3.59. The Balaban J connectivity index is 1.69. The molecule has 3 aromatic rings. The maximum absolute atomic E-state index is 11.7. The van der Waals surface area contributed by atoms with Gasteiger partial charge in [-0.1, -0.05) is 29.3 Å². The number of rotatable bonds is 6. The number of methoxy groups -OCH3 is 1. The van der Waals surface area contributed by atoms with E-state index >= 15 is 0 Å². The summed E-state index contributed by atoms with van der Waals surface area (Å²) in [6.07, 6.45) is 1.93. The van der Waals surface area contributed by atoms with Crippen molar-refractivity contribution in [3.05, 3.63) is 76.2 Å². The van der Waals surface area contributed by atoms with Gasteiger partial charge in [0.1, 0.15) is 17.6 Å². The van der Waals surface area contributed by atoms with E-state index in [0.29, 0.717) is 33.2 Å². The van der Waals surface area contributed by atoms with Crippen molar-refractivity contribution < 1.29 is 13.9 Å². The van der Waals surface area contributed by atoms with Crippen molar-refractivity contribution in [2.75, 3.05) is 13.7 Å². The van der Waals surface area contributed by atoms with Crippen LogP contribution in [-0.2, 0) is 9.53 Å². The third-order valence-corrected chi connectivity index (χ3v) is 6.20. The summed E-state index contributed by atoms with van der Waals surface area (Å²) in [4.78, 5) is 18.2. The first-order chi connectivity index (χ1) is 15.0. The van der Waals surface area contributed by atoms with Crippen LogP contribution in [0, 0.1) is 0 Å². The quantitative estimate of drug-likeness (QED) is 0.388. The van der Waals surface area contributed by atoms with Crippen molar-refractivity contribution in [1.29, 1.82) is 0 Å². The highest BCUT2D eigenvalue weighted by Gasteiger charge is 2.41. The highest BCUT2D eigenvalue weighted by molar-refractivity contribution is 7.80. The van der Waals surface area contributed by atoms with Gasteiger partial charge < -0.3 is 19.4 Å². The second-order valence-electron chi connectivity index (χ2n) is 6.98. The number of pyridine rings is 1. The van der Waals surface area contributed by atoms with E-state index in [4.69, 9.17) is 44.6 Å². The summed E-state index contributed by atoms with van der Waals surface area (Å²) in [5.74, 6) is 1.03. The van der Waals surface area contributed by atoms with Crippen LogP contribution in [-0.4, -0.2) is 34.6 Å². The first-order valence-electron chi connectivity index (χ1n) is 9.58. The summed E-state index contributed by atoms with van der Waals surface area (Å²) in [5.41, 5.74) is 1.63. The minimum Gasteiger partial charge on any atom is -0.469 e. The number of halogens is 2. The molecule has 3 heterocycles. The van der Waals surface area contributed by atoms with Gasteiger partial charge in [0, 0.05) is 18.3 Å². The van der Waals surface area contributed by atoms with Crippen LogP contribution in [0.5, 0.6) is 0 Å². The molecule has 1 aliphatic heterocycles. The van der Waals surface area contributed by atoms with Gasteiger partial charge in [-0.2, -0.15) is 0 Å².